The number of benzene rings is 2. The number of amides is 6. The summed E-state index contributed by atoms with van der Waals surface area (Å²) in [7, 11) is -7.90. The lowest BCUT2D eigenvalue weighted by atomic mass is 9.53. The molecule has 8 atom stereocenters. The van der Waals surface area contributed by atoms with Crippen molar-refractivity contribution in [3.63, 3.8) is 0 Å². The molecule has 3 saturated heterocycles. The van der Waals surface area contributed by atoms with Gasteiger partial charge >= 0.3 is 12.1 Å². The van der Waals surface area contributed by atoms with E-state index in [-0.39, 0.29) is 55.4 Å². The molecular weight excluding hydrogens is 1240 g/mol. The second kappa shape index (κ2) is 24.1. The van der Waals surface area contributed by atoms with Crippen molar-refractivity contribution < 1.29 is 65.2 Å². The normalized spacial score (nSPS) is 32.6. The fourth-order valence-electron chi connectivity index (χ4n) is 17.2. The summed E-state index contributed by atoms with van der Waals surface area (Å²) in [5.74, 6) is 1.67. The molecule has 6 aromatic rings. The zero-order chi connectivity index (χ0) is 64.9. The summed E-state index contributed by atoms with van der Waals surface area (Å²) in [5, 5.41) is 37.0. The lowest BCUT2D eigenvalue weighted by Gasteiger charge is -2.56. The summed E-state index contributed by atoms with van der Waals surface area (Å²) in [6.07, 6.45) is 9.01. The SMILES string of the molecule is CCNC(=O)[C@H]1O[C@@H](n2cnc3c(NC(=O)Nc4ccccc4S(=O)(=O)NC45CC6CC(CC(C6)C4)C5)ncnc32)C(O)C1O.CCNC(=O)[C@H]1O[C@@H](n2cnc3c(NC(=O)Nc4ccccc4S(=O)(=O)NC45CC6CC(CC(C6)C4)C5)ncnc32)C2OC(C)(C)OC21. The quantitative estimate of drug-likeness (QED) is 0.0625. The molecule has 3 aliphatic heterocycles. The fraction of sp³-hybridized carbons (Fsp3) is 0.574. The maximum atomic E-state index is 13.8. The third kappa shape index (κ3) is 12.1. The number of aliphatic hydroxyl groups is 2. The van der Waals surface area contributed by atoms with E-state index in [1.807, 2.05) is 6.92 Å². The van der Waals surface area contributed by atoms with Crippen molar-refractivity contribution in [2.24, 2.45) is 35.5 Å². The second-order valence-corrected chi connectivity index (χ2v) is 30.4. The first-order valence-electron chi connectivity index (χ1n) is 31.8. The summed E-state index contributed by atoms with van der Waals surface area (Å²) in [6, 6.07) is 11.2. The number of sulfonamides is 2. The number of likely N-dealkylation sites (N-methyl/N-ethyl adjacent to an activating group) is 2. The Morgan fingerprint density at radius 3 is 1.37 bits per heavy atom. The second-order valence-electron chi connectivity index (χ2n) is 27.1. The van der Waals surface area contributed by atoms with Crippen molar-refractivity contribution in [2.45, 2.75) is 180 Å². The number of para-hydroxylation sites is 2. The van der Waals surface area contributed by atoms with Crippen molar-refractivity contribution in [3.8, 4) is 0 Å². The minimum Gasteiger partial charge on any atom is -0.387 e. The van der Waals surface area contributed by atoms with Crippen LogP contribution in [-0.4, -0.2) is 157 Å². The van der Waals surface area contributed by atoms with Gasteiger partial charge in [0.25, 0.3) is 11.8 Å². The molecule has 8 bridgehead atoms. The summed E-state index contributed by atoms with van der Waals surface area (Å²) in [5.41, 5.74) is 0.276. The Morgan fingerprint density at radius 1 is 0.527 bits per heavy atom. The minimum atomic E-state index is -3.96. The van der Waals surface area contributed by atoms with Crippen molar-refractivity contribution in [1.82, 2.24) is 59.1 Å². The molecule has 32 heteroatoms. The summed E-state index contributed by atoms with van der Waals surface area (Å²) in [4.78, 5) is 77.3. The average molecular weight is 1320 g/mol. The third-order valence-electron chi connectivity index (χ3n) is 19.8. The largest absolute Gasteiger partial charge is 0.387 e. The van der Waals surface area contributed by atoms with E-state index in [4.69, 9.17) is 18.9 Å². The maximum absolute atomic E-state index is 13.8. The van der Waals surface area contributed by atoms with Crippen LogP contribution in [-0.2, 0) is 48.6 Å². The number of hydrogen-bond donors (Lipinski definition) is 10. The van der Waals surface area contributed by atoms with Crippen LogP contribution in [0.5, 0.6) is 0 Å². The van der Waals surface area contributed by atoms with Crippen molar-refractivity contribution in [1.29, 1.82) is 0 Å². The van der Waals surface area contributed by atoms with Crippen LogP contribution in [0.1, 0.15) is 117 Å². The number of rotatable bonds is 16. The van der Waals surface area contributed by atoms with Gasteiger partial charge in [0.15, 0.2) is 64.4 Å². The maximum Gasteiger partial charge on any atom is 0.324 e. The van der Waals surface area contributed by atoms with Gasteiger partial charge in [-0.3, -0.25) is 29.4 Å². The van der Waals surface area contributed by atoms with Gasteiger partial charge in [-0.1, -0.05) is 24.3 Å². The number of aromatic nitrogens is 8. The van der Waals surface area contributed by atoms with Crippen molar-refractivity contribution >= 4 is 89.3 Å². The molecule has 496 valence electrons. The predicted molar refractivity (Wildman–Crippen MR) is 332 cm³/mol. The molecule has 0 spiro atoms. The zero-order valence-electron chi connectivity index (χ0n) is 51.6. The van der Waals surface area contributed by atoms with Crippen LogP contribution in [0.3, 0.4) is 0 Å². The van der Waals surface area contributed by atoms with E-state index in [9.17, 15) is 46.2 Å². The van der Waals surface area contributed by atoms with Crippen LogP contribution in [0.4, 0.5) is 32.6 Å². The smallest absolute Gasteiger partial charge is 0.324 e. The fourth-order valence-corrected chi connectivity index (χ4v) is 20.4. The molecule has 11 fully saturated rings. The molecule has 93 heavy (non-hydrogen) atoms. The van der Waals surface area contributed by atoms with Gasteiger partial charge in [0.2, 0.25) is 20.0 Å². The highest BCUT2D eigenvalue weighted by atomic mass is 32.2. The molecule has 17 rings (SSSR count). The Hall–Kier alpha value is -7.40. The molecule has 6 amide bonds. The Kier molecular flexibility index (Phi) is 16.3. The number of aliphatic hydroxyl groups excluding tert-OH is 2. The van der Waals surface area contributed by atoms with Crippen LogP contribution < -0.4 is 41.3 Å². The number of hydrogen-bond acceptors (Lipinski definition) is 20. The van der Waals surface area contributed by atoms with Crippen LogP contribution in [0, 0.1) is 35.5 Å². The van der Waals surface area contributed by atoms with Crippen molar-refractivity contribution in [2.75, 3.05) is 34.4 Å². The van der Waals surface area contributed by atoms with E-state index in [1.54, 1.807) is 55.7 Å². The van der Waals surface area contributed by atoms with Gasteiger partial charge in [-0.2, -0.15) is 0 Å². The van der Waals surface area contributed by atoms with E-state index < -0.39 is 104 Å². The minimum absolute atomic E-state index is 0.00400. The number of nitrogens with zero attached hydrogens (tertiary/aromatic N) is 8. The predicted octanol–water partition coefficient (Wildman–Crippen LogP) is 4.74. The molecule has 4 unspecified atom stereocenters. The standard InChI is InChI=1S/C32H40N8O7S.C29H36N8O7S/c1-4-33-28(41)24-23-25(47-31(2,3)46-23)29(45-24)40-16-36-22-26(34-15-35-27(22)40)38-30(42)37-20-7-5-6-8-21(20)48(43,44)39-32-12-17-9-18(13-32)11-19(10-17)14-32;1-2-30-26(40)23-21(38)22(39)27(44-23)37-14-33-20-24(31-13-32-25(20)37)35-28(41)34-18-5-3-4-6-19(18)45(42,43)36-29-10-15-7-16(11-29)9-17(8-15)12-29/h5-8,15-19,23-25,29,39H,4,9-14H2,1-3H3,(H,33,41)(H2,34,35,37,38,42);3-6,13-17,21-23,27,36,38-39H,2,7-12H2,1H3,(H,30,40)(H2,31,32,34,35,41)/t17?,18?,19?,23?,24-,25?,29+,32?;15?,16?,17?,21?,22?,23-,27+,29?/m00/s1. The number of ether oxygens (including phenoxy) is 4. The topological polar surface area (TPSA) is 397 Å². The molecule has 8 aliphatic carbocycles. The summed E-state index contributed by atoms with van der Waals surface area (Å²) < 4.78 is 88.2. The van der Waals surface area contributed by atoms with Crippen LogP contribution in [0.2, 0.25) is 0 Å². The first-order valence-corrected chi connectivity index (χ1v) is 34.8. The number of imidazole rings is 2. The van der Waals surface area contributed by atoms with Crippen LogP contribution in [0.25, 0.3) is 22.3 Å². The third-order valence-corrected chi connectivity index (χ3v) is 23.1. The molecule has 2 aromatic carbocycles. The highest BCUT2D eigenvalue weighted by Gasteiger charge is 2.59. The molecule has 4 aromatic heterocycles. The Morgan fingerprint density at radius 2 is 0.925 bits per heavy atom. The van der Waals surface area contributed by atoms with E-state index in [2.05, 4.69) is 71.2 Å². The molecule has 30 nitrogen and oxygen atoms in total. The summed E-state index contributed by atoms with van der Waals surface area (Å²) in [6.45, 7) is 7.83. The Balaban J connectivity index is 0.000000161. The number of fused-ring (bicyclic) bond motifs is 3. The first-order chi connectivity index (χ1) is 44.5. The zero-order valence-corrected chi connectivity index (χ0v) is 53.2. The van der Waals surface area contributed by atoms with Gasteiger partial charge in [0, 0.05) is 24.2 Å². The van der Waals surface area contributed by atoms with Gasteiger partial charge in [-0.25, -0.2) is 65.8 Å². The van der Waals surface area contributed by atoms with E-state index in [1.165, 1.54) is 86.6 Å². The average Bonchev–Trinajstić information content (AvgIpc) is 1.58. The molecule has 7 heterocycles. The van der Waals surface area contributed by atoms with Gasteiger partial charge in [0.1, 0.15) is 46.9 Å². The number of carbonyl (C=O) groups is 4. The number of nitrogens with one attached hydrogen (secondary N) is 8. The Bertz CT molecular complexity index is 4080. The van der Waals surface area contributed by atoms with E-state index >= 15 is 0 Å². The van der Waals surface area contributed by atoms with Crippen LogP contribution >= 0.6 is 0 Å². The number of urea groups is 2. The molecule has 0 radical (unpaired) electrons. The van der Waals surface area contributed by atoms with E-state index in [0.717, 1.165) is 38.5 Å². The van der Waals surface area contributed by atoms with Gasteiger partial charge < -0.3 is 50.4 Å². The van der Waals surface area contributed by atoms with Gasteiger partial charge in [0.05, 0.1) is 24.0 Å². The lowest BCUT2D eigenvalue weighted by Crippen LogP contribution is -2.59. The lowest BCUT2D eigenvalue weighted by molar-refractivity contribution is -0.197. The van der Waals surface area contributed by atoms with Gasteiger partial charge in [-0.15, -0.1) is 0 Å². The van der Waals surface area contributed by atoms with E-state index in [0.29, 0.717) is 54.2 Å². The molecular formula is C61H76N16O14S2. The molecule has 8 saturated carbocycles. The highest BCUT2D eigenvalue weighted by Crippen LogP contribution is 2.58. The number of anilines is 4. The molecule has 10 N–H and O–H groups in total. The van der Waals surface area contributed by atoms with Crippen LogP contribution in [0.15, 0.2) is 83.6 Å². The monoisotopic (exact) mass is 1320 g/mol. The van der Waals surface area contributed by atoms with Gasteiger partial charge in [-0.05, 0) is 165 Å². The molecule has 11 aliphatic rings. The van der Waals surface area contributed by atoms with Crippen molar-refractivity contribution in [3.05, 3.63) is 73.8 Å². The first kappa shape index (κ1) is 63.0. The number of carbonyl (C=O) groups excluding carboxylic acids is 4. The summed E-state index contributed by atoms with van der Waals surface area (Å²) >= 11 is 0. The Labute approximate surface area is 535 Å². The highest BCUT2D eigenvalue weighted by molar-refractivity contribution is 7.90.